The Morgan fingerprint density at radius 1 is 1.21 bits per heavy atom. The van der Waals surface area contributed by atoms with Crippen LogP contribution in [-0.4, -0.2) is 44.7 Å². The lowest BCUT2D eigenvalue weighted by Gasteiger charge is -2.16. The third-order valence-electron chi connectivity index (χ3n) is 7.51. The van der Waals surface area contributed by atoms with Gasteiger partial charge in [0.2, 0.25) is 0 Å². The largest absolute Gasteiger partial charge is 0.353 e. The second kappa shape index (κ2) is 10.2. The zero-order valence-electron chi connectivity index (χ0n) is 22.2. The van der Waals surface area contributed by atoms with E-state index in [1.54, 1.807) is 0 Å². The van der Waals surface area contributed by atoms with Crippen molar-refractivity contribution in [2.75, 3.05) is 19.6 Å². The highest BCUT2D eigenvalue weighted by molar-refractivity contribution is 7.15. The Kier molecular flexibility index (Phi) is 6.60. The molecule has 5 nitrogen and oxygen atoms in total. The minimum absolute atomic E-state index is 0.714. The number of H-pyrrole nitrogens is 2. The van der Waals surface area contributed by atoms with Gasteiger partial charge in [-0.2, -0.15) is 5.10 Å². The zero-order chi connectivity index (χ0) is 26.2. The van der Waals surface area contributed by atoms with Crippen LogP contribution < -0.4 is 0 Å². The van der Waals surface area contributed by atoms with Gasteiger partial charge in [0.05, 0.1) is 11.4 Å². The first-order valence-electron chi connectivity index (χ1n) is 13.3. The molecule has 1 unspecified atom stereocenters. The topological polar surface area (TPSA) is 60.6 Å². The van der Waals surface area contributed by atoms with Gasteiger partial charge in [-0.3, -0.25) is 10.00 Å². The second-order valence-electron chi connectivity index (χ2n) is 10.4. The molecule has 5 heterocycles. The van der Waals surface area contributed by atoms with E-state index in [2.05, 4.69) is 102 Å². The Bertz CT molecular complexity index is 1700. The summed E-state index contributed by atoms with van der Waals surface area (Å²) < 4.78 is 0. The molecule has 192 valence electrons. The SMILES string of the molecule is C=C/C(=C\C(=C/C)c1cnc2n[nH]c(-c3cc4c(-c5ccc(C)s5)cccc4[nH]3)c2c1)CN1CCC(C)C1. The lowest BCUT2D eigenvalue weighted by atomic mass is 10.0. The van der Waals surface area contributed by atoms with Crippen LogP contribution in [0.5, 0.6) is 0 Å². The first kappa shape index (κ1) is 24.6. The first-order valence-corrected chi connectivity index (χ1v) is 14.1. The zero-order valence-corrected chi connectivity index (χ0v) is 23.0. The fourth-order valence-corrected chi connectivity index (χ4v) is 6.38. The number of fused-ring (bicyclic) bond motifs is 2. The van der Waals surface area contributed by atoms with Crippen LogP contribution in [0.2, 0.25) is 0 Å². The Labute approximate surface area is 227 Å². The molecule has 0 spiro atoms. The van der Waals surface area contributed by atoms with Gasteiger partial charge in [-0.25, -0.2) is 4.98 Å². The molecule has 0 saturated carbocycles. The molecule has 0 bridgehead atoms. The normalized spacial score (nSPS) is 17.2. The van der Waals surface area contributed by atoms with Crippen molar-refractivity contribution in [3.63, 3.8) is 0 Å². The van der Waals surface area contributed by atoms with Gasteiger partial charge < -0.3 is 4.98 Å². The average molecular weight is 520 g/mol. The molecule has 1 saturated heterocycles. The number of pyridine rings is 1. The van der Waals surface area contributed by atoms with Crippen LogP contribution in [0.15, 0.2) is 79.0 Å². The van der Waals surface area contributed by atoms with Crippen molar-refractivity contribution in [3.05, 3.63) is 89.5 Å². The number of nitrogens with zero attached hydrogens (tertiary/aromatic N) is 3. The van der Waals surface area contributed by atoms with Gasteiger partial charge in [0.1, 0.15) is 0 Å². The predicted molar refractivity (Wildman–Crippen MR) is 161 cm³/mol. The van der Waals surface area contributed by atoms with Crippen LogP contribution >= 0.6 is 11.3 Å². The van der Waals surface area contributed by atoms with E-state index in [1.165, 1.54) is 32.7 Å². The van der Waals surface area contributed by atoms with Crippen molar-refractivity contribution in [2.24, 2.45) is 5.92 Å². The van der Waals surface area contributed by atoms with Gasteiger partial charge in [-0.15, -0.1) is 11.3 Å². The number of allylic oxidation sites excluding steroid dienone is 3. The van der Waals surface area contributed by atoms with Crippen LogP contribution in [0.3, 0.4) is 0 Å². The molecule has 1 fully saturated rings. The van der Waals surface area contributed by atoms with E-state index in [1.807, 2.05) is 23.6 Å². The summed E-state index contributed by atoms with van der Waals surface area (Å²) in [6.07, 6.45) is 9.57. The molecular formula is C32H33N5S. The lowest BCUT2D eigenvalue weighted by Crippen LogP contribution is -2.22. The average Bonchev–Trinajstić information content (AvgIpc) is 3.72. The molecule has 4 aromatic heterocycles. The quantitative estimate of drug-likeness (QED) is 0.214. The summed E-state index contributed by atoms with van der Waals surface area (Å²) >= 11 is 1.82. The van der Waals surface area contributed by atoms with Crippen molar-refractivity contribution in [1.82, 2.24) is 25.1 Å². The molecule has 6 rings (SSSR count). The summed E-state index contributed by atoms with van der Waals surface area (Å²) in [5.74, 6) is 0.767. The van der Waals surface area contributed by atoms with Gasteiger partial charge in [-0.05, 0) is 74.2 Å². The molecule has 6 heteroatoms. The number of aromatic nitrogens is 4. The molecule has 5 aromatic rings. The number of rotatable bonds is 7. The number of benzene rings is 1. The number of nitrogens with one attached hydrogen (secondary N) is 2. The van der Waals surface area contributed by atoms with Gasteiger partial charge >= 0.3 is 0 Å². The number of hydrogen-bond donors (Lipinski definition) is 2. The number of hydrogen-bond acceptors (Lipinski definition) is 4. The Hall–Kier alpha value is -3.74. The molecule has 0 aliphatic carbocycles. The lowest BCUT2D eigenvalue weighted by molar-refractivity contribution is 0.358. The summed E-state index contributed by atoms with van der Waals surface area (Å²) in [7, 11) is 0. The van der Waals surface area contributed by atoms with Crippen LogP contribution in [0.1, 0.15) is 30.7 Å². The molecule has 1 aliphatic heterocycles. The molecule has 1 aromatic carbocycles. The number of thiophene rings is 1. The van der Waals surface area contributed by atoms with E-state index in [0.29, 0.717) is 5.65 Å². The third-order valence-corrected chi connectivity index (χ3v) is 8.54. The fourth-order valence-electron chi connectivity index (χ4n) is 5.48. The Morgan fingerprint density at radius 2 is 2.11 bits per heavy atom. The summed E-state index contributed by atoms with van der Waals surface area (Å²) in [4.78, 5) is 13.4. The Morgan fingerprint density at radius 3 is 2.84 bits per heavy atom. The monoisotopic (exact) mass is 519 g/mol. The van der Waals surface area contributed by atoms with Crippen LogP contribution in [0.25, 0.3) is 49.3 Å². The summed E-state index contributed by atoms with van der Waals surface area (Å²) in [6, 6.07) is 15.2. The van der Waals surface area contributed by atoms with Crippen LogP contribution in [-0.2, 0) is 0 Å². The number of likely N-dealkylation sites (tertiary alicyclic amines) is 1. The van der Waals surface area contributed by atoms with Gasteiger partial charge in [0, 0.05) is 56.5 Å². The fraction of sp³-hybridized carbons (Fsp3) is 0.250. The summed E-state index contributed by atoms with van der Waals surface area (Å²) in [5, 5.41) is 9.97. The Balaban J connectivity index is 1.36. The van der Waals surface area contributed by atoms with Crippen LogP contribution in [0.4, 0.5) is 0 Å². The molecule has 0 radical (unpaired) electrons. The maximum atomic E-state index is 4.70. The highest BCUT2D eigenvalue weighted by Gasteiger charge is 2.19. The summed E-state index contributed by atoms with van der Waals surface area (Å²) in [6.45, 7) is 13.9. The summed E-state index contributed by atoms with van der Waals surface area (Å²) in [5.41, 5.74) is 8.47. The molecule has 38 heavy (non-hydrogen) atoms. The number of aromatic amines is 2. The molecule has 0 amide bonds. The van der Waals surface area contributed by atoms with E-state index in [0.717, 1.165) is 59.0 Å². The van der Waals surface area contributed by atoms with E-state index >= 15 is 0 Å². The maximum absolute atomic E-state index is 4.70. The highest BCUT2D eigenvalue weighted by Crippen LogP contribution is 2.37. The van der Waals surface area contributed by atoms with E-state index in [-0.39, 0.29) is 0 Å². The van der Waals surface area contributed by atoms with Crippen molar-refractivity contribution >= 4 is 38.8 Å². The smallest absolute Gasteiger partial charge is 0.181 e. The molecule has 1 atom stereocenters. The van der Waals surface area contributed by atoms with Gasteiger partial charge in [-0.1, -0.05) is 43.9 Å². The van der Waals surface area contributed by atoms with Gasteiger partial charge in [0.25, 0.3) is 0 Å². The molecular weight excluding hydrogens is 486 g/mol. The van der Waals surface area contributed by atoms with E-state index < -0.39 is 0 Å². The van der Waals surface area contributed by atoms with E-state index in [9.17, 15) is 0 Å². The van der Waals surface area contributed by atoms with Crippen molar-refractivity contribution in [1.29, 1.82) is 0 Å². The predicted octanol–water partition coefficient (Wildman–Crippen LogP) is 8.00. The minimum atomic E-state index is 0.714. The standard InChI is InChI=1S/C32H33N5S/c1-5-22(19-37-13-12-20(3)18-37)14-23(6-2)24-15-27-31(35-36-32(27)33-17-24)29-16-26-25(8-7-9-28(26)34-29)30-11-10-21(4)38-30/h5-11,14-17,20,34H,1,12-13,18-19H2,2-4H3,(H,33,35,36)/b22-14+,23-6+. The molecule has 2 N–H and O–H groups in total. The van der Waals surface area contributed by atoms with Crippen molar-refractivity contribution in [3.8, 4) is 21.8 Å². The number of aryl methyl sites for hydroxylation is 1. The van der Waals surface area contributed by atoms with Crippen molar-refractivity contribution in [2.45, 2.75) is 27.2 Å². The maximum Gasteiger partial charge on any atom is 0.181 e. The second-order valence-corrected chi connectivity index (χ2v) is 11.6. The minimum Gasteiger partial charge on any atom is -0.353 e. The molecule has 1 aliphatic rings. The van der Waals surface area contributed by atoms with Crippen LogP contribution in [0, 0.1) is 12.8 Å². The van der Waals surface area contributed by atoms with E-state index in [4.69, 9.17) is 4.98 Å². The highest BCUT2D eigenvalue weighted by atomic mass is 32.1. The van der Waals surface area contributed by atoms with Gasteiger partial charge in [0.15, 0.2) is 5.65 Å². The van der Waals surface area contributed by atoms with Crippen molar-refractivity contribution < 1.29 is 0 Å². The first-order chi connectivity index (χ1) is 18.5. The third kappa shape index (κ3) is 4.66.